The summed E-state index contributed by atoms with van der Waals surface area (Å²) in [5.74, 6) is 0.293. The summed E-state index contributed by atoms with van der Waals surface area (Å²) in [4.78, 5) is 13.5. The zero-order valence-corrected chi connectivity index (χ0v) is 15.1. The van der Waals surface area contributed by atoms with E-state index in [1.807, 2.05) is 0 Å². The molecule has 1 saturated carbocycles. The lowest BCUT2D eigenvalue weighted by Gasteiger charge is -2.20. The average molecular weight is 388 g/mol. The van der Waals surface area contributed by atoms with E-state index >= 15 is 0 Å². The molecule has 0 unspecified atom stereocenters. The van der Waals surface area contributed by atoms with E-state index in [0.717, 1.165) is 18.7 Å². The number of amides is 1. The number of carbonyl (C=O) groups excluding carboxylic acids is 1. The van der Waals surface area contributed by atoms with Crippen molar-refractivity contribution in [2.75, 3.05) is 37.4 Å². The number of nitrogens with zero attached hydrogens (tertiary/aromatic N) is 1. The molecule has 0 aromatic heterocycles. The highest BCUT2D eigenvalue weighted by molar-refractivity contribution is 5.95. The lowest BCUT2D eigenvalue weighted by atomic mass is 10.1. The Morgan fingerprint density at radius 1 is 1.25 bits per heavy atom. The number of halogens is 5. The molecule has 0 aliphatic heterocycles. The topological polar surface area (TPSA) is 44.4 Å². The molecule has 0 bridgehead atoms. The maximum atomic E-state index is 12.8. The van der Waals surface area contributed by atoms with E-state index < -0.39 is 11.7 Å². The first-order valence-electron chi connectivity index (χ1n) is 7.16. The zero-order chi connectivity index (χ0) is 16.3. The molecule has 4 nitrogen and oxygen atoms in total. The number of benzene rings is 1. The van der Waals surface area contributed by atoms with Crippen LogP contribution in [0.2, 0.25) is 0 Å². The Morgan fingerprint density at radius 2 is 1.88 bits per heavy atom. The van der Waals surface area contributed by atoms with Crippen LogP contribution in [0.4, 0.5) is 24.5 Å². The summed E-state index contributed by atoms with van der Waals surface area (Å²) >= 11 is 0. The summed E-state index contributed by atoms with van der Waals surface area (Å²) in [6, 6.07) is 3.33. The standard InChI is InChI=1S/C15H20F3N3O.2ClH/c1-21(2)13-6-5-11(15(16,17)18)7-12(13)20-14(22)9-19-8-10-3-4-10;;/h5-7,10,19H,3-4,8-9H2,1-2H3,(H,20,22);2*1H. The molecule has 1 aromatic carbocycles. The summed E-state index contributed by atoms with van der Waals surface area (Å²) in [5.41, 5.74) is -0.0825. The Kier molecular flexibility index (Phi) is 8.88. The third-order valence-corrected chi connectivity index (χ3v) is 3.50. The number of nitrogens with one attached hydrogen (secondary N) is 2. The van der Waals surface area contributed by atoms with Crippen LogP contribution < -0.4 is 15.5 Å². The molecule has 2 rings (SSSR count). The van der Waals surface area contributed by atoms with Crippen LogP contribution in [0, 0.1) is 5.92 Å². The van der Waals surface area contributed by atoms with Crippen molar-refractivity contribution in [2.45, 2.75) is 19.0 Å². The number of anilines is 2. The molecule has 24 heavy (non-hydrogen) atoms. The van der Waals surface area contributed by atoms with Crippen molar-refractivity contribution in [3.05, 3.63) is 23.8 Å². The Labute approximate surface area is 152 Å². The average Bonchev–Trinajstić information content (AvgIpc) is 3.21. The van der Waals surface area contributed by atoms with Gasteiger partial charge in [0.1, 0.15) is 0 Å². The lowest BCUT2D eigenvalue weighted by molar-refractivity contribution is -0.137. The number of hydrogen-bond acceptors (Lipinski definition) is 3. The van der Waals surface area contributed by atoms with Crippen molar-refractivity contribution in [1.29, 1.82) is 0 Å². The molecule has 1 aromatic rings. The van der Waals surface area contributed by atoms with Gasteiger partial charge in [-0.25, -0.2) is 0 Å². The summed E-state index contributed by atoms with van der Waals surface area (Å²) in [6.07, 6.45) is -2.09. The molecular formula is C15H22Cl2F3N3O. The molecule has 1 aliphatic carbocycles. The highest BCUT2D eigenvalue weighted by Crippen LogP contribution is 2.34. The van der Waals surface area contributed by atoms with Crippen LogP contribution in [0.25, 0.3) is 0 Å². The van der Waals surface area contributed by atoms with E-state index in [4.69, 9.17) is 0 Å². The SMILES string of the molecule is CN(C)c1ccc(C(F)(F)F)cc1NC(=O)CNCC1CC1.Cl.Cl. The molecule has 0 atom stereocenters. The number of alkyl halides is 3. The van der Waals surface area contributed by atoms with Crippen LogP contribution in [0.15, 0.2) is 18.2 Å². The van der Waals surface area contributed by atoms with E-state index in [9.17, 15) is 18.0 Å². The summed E-state index contributed by atoms with van der Waals surface area (Å²) in [5, 5.41) is 5.57. The van der Waals surface area contributed by atoms with Gasteiger partial charge >= 0.3 is 6.18 Å². The smallest absolute Gasteiger partial charge is 0.376 e. The lowest BCUT2D eigenvalue weighted by Crippen LogP contribution is -2.30. The van der Waals surface area contributed by atoms with Gasteiger partial charge in [0, 0.05) is 14.1 Å². The number of rotatable bonds is 6. The van der Waals surface area contributed by atoms with Crippen molar-refractivity contribution < 1.29 is 18.0 Å². The van der Waals surface area contributed by atoms with Crippen LogP contribution in [-0.4, -0.2) is 33.1 Å². The molecule has 0 heterocycles. The Hall–Kier alpha value is -1.18. The van der Waals surface area contributed by atoms with Gasteiger partial charge in [0.2, 0.25) is 5.91 Å². The van der Waals surface area contributed by atoms with Crippen molar-refractivity contribution in [1.82, 2.24) is 5.32 Å². The zero-order valence-electron chi connectivity index (χ0n) is 13.4. The van der Waals surface area contributed by atoms with Crippen molar-refractivity contribution in [3.8, 4) is 0 Å². The van der Waals surface area contributed by atoms with Gasteiger partial charge in [0.05, 0.1) is 23.5 Å². The maximum absolute atomic E-state index is 12.8. The van der Waals surface area contributed by atoms with Crippen LogP contribution in [0.1, 0.15) is 18.4 Å². The minimum Gasteiger partial charge on any atom is -0.376 e. The monoisotopic (exact) mass is 387 g/mol. The molecule has 2 N–H and O–H groups in total. The predicted octanol–water partition coefficient (Wildman–Crippen LogP) is 3.55. The van der Waals surface area contributed by atoms with E-state index in [1.54, 1.807) is 19.0 Å². The minimum atomic E-state index is -4.44. The normalized spacial score (nSPS) is 13.5. The molecule has 138 valence electrons. The maximum Gasteiger partial charge on any atom is 0.416 e. The van der Waals surface area contributed by atoms with E-state index in [2.05, 4.69) is 10.6 Å². The van der Waals surface area contributed by atoms with Gasteiger partial charge in [-0.15, -0.1) is 24.8 Å². The van der Waals surface area contributed by atoms with Gasteiger partial charge in [-0.05, 0) is 43.5 Å². The van der Waals surface area contributed by atoms with Crippen LogP contribution >= 0.6 is 24.8 Å². The quantitative estimate of drug-likeness (QED) is 0.784. The molecule has 0 radical (unpaired) electrons. The fourth-order valence-corrected chi connectivity index (χ4v) is 2.11. The third-order valence-electron chi connectivity index (χ3n) is 3.50. The van der Waals surface area contributed by atoms with Gasteiger partial charge in [0.15, 0.2) is 0 Å². The molecule has 1 fully saturated rings. The molecule has 9 heteroatoms. The first-order valence-corrected chi connectivity index (χ1v) is 7.16. The Balaban J connectivity index is 0.00000264. The fraction of sp³-hybridized carbons (Fsp3) is 0.533. The van der Waals surface area contributed by atoms with Gasteiger partial charge in [0.25, 0.3) is 0 Å². The largest absolute Gasteiger partial charge is 0.416 e. The van der Waals surface area contributed by atoms with Crippen LogP contribution in [-0.2, 0) is 11.0 Å². The predicted molar refractivity (Wildman–Crippen MR) is 94.5 cm³/mol. The summed E-state index contributed by atoms with van der Waals surface area (Å²) in [7, 11) is 3.42. The second-order valence-electron chi connectivity index (χ2n) is 5.75. The van der Waals surface area contributed by atoms with Gasteiger partial charge in [-0.3, -0.25) is 4.79 Å². The highest BCUT2D eigenvalue weighted by atomic mass is 35.5. The molecule has 0 saturated heterocycles. The van der Waals surface area contributed by atoms with Gasteiger partial charge < -0.3 is 15.5 Å². The van der Waals surface area contributed by atoms with Crippen molar-refractivity contribution >= 4 is 42.1 Å². The van der Waals surface area contributed by atoms with Crippen LogP contribution in [0.5, 0.6) is 0 Å². The van der Waals surface area contributed by atoms with E-state index in [-0.39, 0.29) is 43.0 Å². The van der Waals surface area contributed by atoms with Crippen LogP contribution in [0.3, 0.4) is 0 Å². The molecule has 0 spiro atoms. The van der Waals surface area contributed by atoms with E-state index in [1.165, 1.54) is 18.9 Å². The molecule has 1 amide bonds. The van der Waals surface area contributed by atoms with Gasteiger partial charge in [-0.1, -0.05) is 0 Å². The van der Waals surface area contributed by atoms with Gasteiger partial charge in [-0.2, -0.15) is 13.2 Å². The molecule has 1 aliphatic rings. The van der Waals surface area contributed by atoms with Crippen molar-refractivity contribution in [3.63, 3.8) is 0 Å². The van der Waals surface area contributed by atoms with Crippen molar-refractivity contribution in [2.24, 2.45) is 5.92 Å². The highest BCUT2D eigenvalue weighted by Gasteiger charge is 2.31. The first kappa shape index (κ1) is 22.8. The van der Waals surface area contributed by atoms with E-state index in [0.29, 0.717) is 11.6 Å². The molecular weight excluding hydrogens is 366 g/mol. The second-order valence-corrected chi connectivity index (χ2v) is 5.75. The number of hydrogen-bond donors (Lipinski definition) is 2. The third kappa shape index (κ3) is 6.75. The Bertz CT molecular complexity index is 549. The fourth-order valence-electron chi connectivity index (χ4n) is 2.11. The minimum absolute atomic E-state index is 0. The summed E-state index contributed by atoms with van der Waals surface area (Å²) < 4.78 is 38.4. The summed E-state index contributed by atoms with van der Waals surface area (Å²) in [6.45, 7) is 0.871. The Morgan fingerprint density at radius 3 is 2.38 bits per heavy atom. The number of carbonyl (C=O) groups is 1. The second kappa shape index (κ2) is 9.34. The first-order chi connectivity index (χ1) is 10.3.